The number of hydrogen-bond donors (Lipinski definition) is 2. The fourth-order valence-corrected chi connectivity index (χ4v) is 2.22. The predicted molar refractivity (Wildman–Crippen MR) is 66.1 cm³/mol. The first-order chi connectivity index (χ1) is 8.58. The summed E-state index contributed by atoms with van der Waals surface area (Å²) in [5.74, 6) is -0.117. The molecule has 18 heavy (non-hydrogen) atoms. The van der Waals surface area contributed by atoms with Gasteiger partial charge in [0.2, 0.25) is 5.91 Å². The van der Waals surface area contributed by atoms with Crippen LogP contribution < -0.4 is 5.32 Å². The highest BCUT2D eigenvalue weighted by molar-refractivity contribution is 5.93. The zero-order chi connectivity index (χ0) is 13.1. The molecule has 2 amide bonds. The molecule has 2 heterocycles. The zero-order valence-corrected chi connectivity index (χ0v) is 10.7. The van der Waals surface area contributed by atoms with Crippen LogP contribution in [-0.2, 0) is 4.79 Å². The van der Waals surface area contributed by atoms with Crippen molar-refractivity contribution in [2.75, 3.05) is 13.1 Å². The third-order valence-corrected chi connectivity index (χ3v) is 3.25. The second-order valence-electron chi connectivity index (χ2n) is 4.65. The number of carbonyl (C=O) groups excluding carboxylic acids is 2. The monoisotopic (exact) mass is 250 g/mol. The third-order valence-electron chi connectivity index (χ3n) is 3.25. The van der Waals surface area contributed by atoms with Crippen molar-refractivity contribution in [2.45, 2.75) is 32.7 Å². The van der Waals surface area contributed by atoms with Crippen molar-refractivity contribution in [1.82, 2.24) is 20.2 Å². The first kappa shape index (κ1) is 12.6. The van der Waals surface area contributed by atoms with Crippen molar-refractivity contribution in [3.05, 3.63) is 17.7 Å². The summed E-state index contributed by atoms with van der Waals surface area (Å²) in [4.78, 5) is 31.9. The van der Waals surface area contributed by atoms with Crippen LogP contribution in [0.2, 0.25) is 0 Å². The van der Waals surface area contributed by atoms with E-state index in [1.54, 1.807) is 11.8 Å². The minimum Gasteiger partial charge on any atom is -0.348 e. The molecule has 1 fully saturated rings. The van der Waals surface area contributed by atoms with E-state index >= 15 is 0 Å². The van der Waals surface area contributed by atoms with Crippen molar-refractivity contribution in [3.8, 4) is 0 Å². The number of nitrogens with zero attached hydrogens (tertiary/aromatic N) is 2. The fraction of sp³-hybridized carbons (Fsp3) is 0.583. The van der Waals surface area contributed by atoms with Gasteiger partial charge in [0, 0.05) is 31.7 Å². The van der Waals surface area contributed by atoms with Crippen molar-refractivity contribution >= 4 is 11.8 Å². The molecule has 0 bridgehead atoms. The quantitative estimate of drug-likeness (QED) is 0.800. The van der Waals surface area contributed by atoms with Gasteiger partial charge in [0.25, 0.3) is 5.91 Å². The maximum atomic E-state index is 12.0. The SMILES string of the molecule is CC(=O)N1CCCC(NC(=O)c2nc[nH]c2C)C1. The van der Waals surface area contributed by atoms with Crippen LogP contribution in [0.1, 0.15) is 35.9 Å². The van der Waals surface area contributed by atoms with E-state index in [9.17, 15) is 9.59 Å². The maximum Gasteiger partial charge on any atom is 0.272 e. The molecule has 2 N–H and O–H groups in total. The minimum absolute atomic E-state index is 0.0197. The van der Waals surface area contributed by atoms with Crippen molar-refractivity contribution in [1.29, 1.82) is 0 Å². The molecule has 1 aromatic rings. The number of likely N-dealkylation sites (tertiary alicyclic amines) is 1. The van der Waals surface area contributed by atoms with E-state index in [1.807, 2.05) is 6.92 Å². The van der Waals surface area contributed by atoms with E-state index in [-0.39, 0.29) is 17.9 Å². The summed E-state index contributed by atoms with van der Waals surface area (Å²) in [6.45, 7) is 4.74. The Hall–Kier alpha value is -1.85. The van der Waals surface area contributed by atoms with Gasteiger partial charge >= 0.3 is 0 Å². The van der Waals surface area contributed by atoms with E-state index < -0.39 is 0 Å². The zero-order valence-electron chi connectivity index (χ0n) is 10.7. The summed E-state index contributed by atoms with van der Waals surface area (Å²) in [5.41, 5.74) is 1.18. The van der Waals surface area contributed by atoms with E-state index in [0.717, 1.165) is 25.1 Å². The Morgan fingerprint density at radius 1 is 1.56 bits per heavy atom. The number of nitrogens with one attached hydrogen (secondary N) is 2. The van der Waals surface area contributed by atoms with Gasteiger partial charge in [-0.05, 0) is 19.8 Å². The van der Waals surface area contributed by atoms with Crippen LogP contribution in [0, 0.1) is 6.92 Å². The molecule has 1 aliphatic rings. The molecule has 0 radical (unpaired) electrons. The first-order valence-electron chi connectivity index (χ1n) is 6.14. The molecular weight excluding hydrogens is 232 g/mol. The van der Waals surface area contributed by atoms with E-state index in [1.165, 1.54) is 6.33 Å². The Labute approximate surface area is 106 Å². The molecule has 0 spiro atoms. The molecule has 1 unspecified atom stereocenters. The van der Waals surface area contributed by atoms with E-state index in [2.05, 4.69) is 15.3 Å². The van der Waals surface area contributed by atoms with E-state index in [0.29, 0.717) is 12.2 Å². The number of hydrogen-bond acceptors (Lipinski definition) is 3. The van der Waals surface area contributed by atoms with Gasteiger partial charge in [-0.1, -0.05) is 0 Å². The maximum absolute atomic E-state index is 12.0. The molecule has 0 saturated carbocycles. The van der Waals surface area contributed by atoms with Crippen LogP contribution in [0.5, 0.6) is 0 Å². The Balaban J connectivity index is 1.95. The van der Waals surface area contributed by atoms with Crippen molar-refractivity contribution in [3.63, 3.8) is 0 Å². The summed E-state index contributed by atoms with van der Waals surface area (Å²) in [7, 11) is 0. The second kappa shape index (κ2) is 5.20. The summed E-state index contributed by atoms with van der Waals surface area (Å²) in [6.07, 6.45) is 3.33. The molecule has 6 heteroatoms. The number of aromatic nitrogens is 2. The summed E-state index contributed by atoms with van der Waals surface area (Å²) < 4.78 is 0. The van der Waals surface area contributed by atoms with Gasteiger partial charge in [0.1, 0.15) is 5.69 Å². The summed E-state index contributed by atoms with van der Waals surface area (Å²) in [6, 6.07) is 0.0197. The Morgan fingerprint density at radius 3 is 2.94 bits per heavy atom. The molecule has 98 valence electrons. The highest BCUT2D eigenvalue weighted by Gasteiger charge is 2.24. The predicted octanol–water partition coefficient (Wildman–Crippen LogP) is 0.459. The molecule has 0 aromatic carbocycles. The molecule has 1 saturated heterocycles. The second-order valence-corrected chi connectivity index (χ2v) is 4.65. The Kier molecular flexibility index (Phi) is 3.64. The molecule has 2 rings (SSSR count). The number of imidazole rings is 1. The molecule has 0 aliphatic carbocycles. The lowest BCUT2D eigenvalue weighted by atomic mass is 10.1. The number of rotatable bonds is 2. The lowest BCUT2D eigenvalue weighted by Crippen LogP contribution is -2.49. The van der Waals surface area contributed by atoms with Gasteiger partial charge in [-0.2, -0.15) is 0 Å². The standard InChI is InChI=1S/C12H18N4O2/c1-8-11(14-7-13-8)12(18)15-10-4-3-5-16(6-10)9(2)17/h7,10H,3-6H2,1-2H3,(H,13,14)(H,15,18). The van der Waals surface area contributed by atoms with Crippen LogP contribution in [0.3, 0.4) is 0 Å². The Morgan fingerprint density at radius 2 is 2.33 bits per heavy atom. The van der Waals surface area contributed by atoms with E-state index in [4.69, 9.17) is 0 Å². The number of piperidine rings is 1. The minimum atomic E-state index is -0.177. The van der Waals surface area contributed by atoms with Crippen molar-refractivity contribution < 1.29 is 9.59 Å². The van der Waals surface area contributed by atoms with Crippen LogP contribution in [0.25, 0.3) is 0 Å². The topological polar surface area (TPSA) is 78.1 Å². The molecular formula is C12H18N4O2. The van der Waals surface area contributed by atoms with Gasteiger partial charge < -0.3 is 15.2 Å². The van der Waals surface area contributed by atoms with Crippen LogP contribution in [0.15, 0.2) is 6.33 Å². The van der Waals surface area contributed by atoms with Crippen LogP contribution in [0.4, 0.5) is 0 Å². The summed E-state index contributed by atoms with van der Waals surface area (Å²) in [5, 5.41) is 2.93. The van der Waals surface area contributed by atoms with Gasteiger partial charge in [-0.25, -0.2) is 4.98 Å². The average Bonchev–Trinajstić information content (AvgIpc) is 2.76. The Bertz CT molecular complexity index is 455. The normalized spacial score (nSPS) is 19.7. The number of carbonyl (C=O) groups is 2. The van der Waals surface area contributed by atoms with Crippen LogP contribution >= 0.6 is 0 Å². The lowest BCUT2D eigenvalue weighted by Gasteiger charge is -2.32. The molecule has 1 aromatic heterocycles. The third kappa shape index (κ3) is 2.69. The number of H-pyrrole nitrogens is 1. The molecule has 1 aliphatic heterocycles. The van der Waals surface area contributed by atoms with Crippen molar-refractivity contribution in [2.24, 2.45) is 0 Å². The fourth-order valence-electron chi connectivity index (χ4n) is 2.22. The van der Waals surface area contributed by atoms with Gasteiger partial charge in [-0.3, -0.25) is 9.59 Å². The van der Waals surface area contributed by atoms with Gasteiger partial charge in [-0.15, -0.1) is 0 Å². The molecule has 6 nitrogen and oxygen atoms in total. The number of aryl methyl sites for hydroxylation is 1. The first-order valence-corrected chi connectivity index (χ1v) is 6.14. The van der Waals surface area contributed by atoms with Crippen LogP contribution in [-0.4, -0.2) is 45.8 Å². The molecule has 1 atom stereocenters. The average molecular weight is 250 g/mol. The summed E-state index contributed by atoms with van der Waals surface area (Å²) >= 11 is 0. The number of aromatic amines is 1. The highest BCUT2D eigenvalue weighted by Crippen LogP contribution is 2.11. The van der Waals surface area contributed by atoms with Gasteiger partial charge in [0.05, 0.1) is 6.33 Å². The van der Waals surface area contributed by atoms with Gasteiger partial charge in [0.15, 0.2) is 0 Å². The lowest BCUT2D eigenvalue weighted by molar-refractivity contribution is -0.130. The highest BCUT2D eigenvalue weighted by atomic mass is 16.2. The smallest absolute Gasteiger partial charge is 0.272 e. The largest absolute Gasteiger partial charge is 0.348 e. The number of amides is 2.